The monoisotopic (exact) mass is 752 g/mol. The van der Waals surface area contributed by atoms with E-state index in [0.717, 1.165) is 31.7 Å². The zero-order valence-corrected chi connectivity index (χ0v) is 30.3. The minimum absolute atomic E-state index is 0.0365. The average molecular weight is 753 g/mol. The van der Waals surface area contributed by atoms with E-state index in [1.807, 2.05) is 27.7 Å². The van der Waals surface area contributed by atoms with E-state index in [2.05, 4.69) is 15.2 Å². The minimum Gasteiger partial charge on any atom is -0.463 e. The van der Waals surface area contributed by atoms with Crippen molar-refractivity contribution in [3.8, 4) is 16.8 Å². The fourth-order valence-electron chi connectivity index (χ4n) is 7.11. The molecular formula is C38H41F5N8O3. The number of nitrogens with zero attached hydrogens (tertiary/aromatic N) is 7. The smallest absolute Gasteiger partial charge is 0.418 e. The SMILES string of the molecule is CC(C)(C)C[C@]1(c2ccc(-c3cnn(C(F)F)c3)cc2)N=C(N)N([C@H](COC(=O)CC2(C)CC2)c2ccc(C(F)(F)F)c(-n3ncnc3C3CC3)c2)C1=O. The van der Waals surface area contributed by atoms with Crippen LogP contribution < -0.4 is 5.73 Å². The van der Waals surface area contributed by atoms with Crippen molar-refractivity contribution in [3.05, 3.63) is 83.7 Å². The number of carbonyl (C=O) groups is 2. The van der Waals surface area contributed by atoms with E-state index in [0.29, 0.717) is 27.2 Å². The number of carbonyl (C=O) groups excluding carboxylic acids is 2. The van der Waals surface area contributed by atoms with Gasteiger partial charge in [-0.15, -0.1) is 0 Å². The summed E-state index contributed by atoms with van der Waals surface area (Å²) in [4.78, 5) is 38.4. The highest BCUT2D eigenvalue weighted by Gasteiger charge is 2.53. The zero-order chi connectivity index (χ0) is 38.8. The van der Waals surface area contributed by atoms with Crippen molar-refractivity contribution in [3.63, 3.8) is 0 Å². The first kappa shape index (κ1) is 37.2. The molecule has 54 heavy (non-hydrogen) atoms. The number of aromatic nitrogens is 5. The number of hydrogen-bond donors (Lipinski definition) is 1. The molecule has 0 bridgehead atoms. The quantitative estimate of drug-likeness (QED) is 0.116. The van der Waals surface area contributed by atoms with E-state index in [-0.39, 0.29) is 41.4 Å². The third-order valence-corrected chi connectivity index (χ3v) is 10.3. The Kier molecular flexibility index (Phi) is 9.16. The number of rotatable bonds is 12. The van der Waals surface area contributed by atoms with Crippen LogP contribution in [0.1, 0.15) is 107 Å². The molecule has 7 rings (SSSR count). The first-order valence-corrected chi connectivity index (χ1v) is 17.8. The number of nitrogens with two attached hydrogens (primary N) is 1. The molecule has 2 aliphatic carbocycles. The predicted octanol–water partition coefficient (Wildman–Crippen LogP) is 7.69. The van der Waals surface area contributed by atoms with E-state index in [1.165, 1.54) is 40.4 Å². The summed E-state index contributed by atoms with van der Waals surface area (Å²) in [6.45, 7) is 4.53. The van der Waals surface area contributed by atoms with Crippen LogP contribution in [0, 0.1) is 10.8 Å². The number of benzene rings is 2. The van der Waals surface area contributed by atoms with E-state index < -0.39 is 53.8 Å². The molecule has 1 aliphatic heterocycles. The lowest BCUT2D eigenvalue weighted by atomic mass is 9.75. The summed E-state index contributed by atoms with van der Waals surface area (Å²) >= 11 is 0. The number of hydrogen-bond acceptors (Lipinski definition) is 8. The molecule has 3 aliphatic rings. The normalized spacial score (nSPS) is 20.4. The number of guanidine groups is 1. The Labute approximate surface area is 308 Å². The van der Waals surface area contributed by atoms with Crippen LogP contribution in [0.5, 0.6) is 0 Å². The van der Waals surface area contributed by atoms with Crippen molar-refractivity contribution < 1.29 is 36.3 Å². The van der Waals surface area contributed by atoms with Crippen molar-refractivity contribution in [2.45, 2.75) is 96.4 Å². The third kappa shape index (κ3) is 7.34. The van der Waals surface area contributed by atoms with Gasteiger partial charge in [-0.25, -0.2) is 19.3 Å². The maximum absolute atomic E-state index is 15.0. The predicted molar refractivity (Wildman–Crippen MR) is 187 cm³/mol. The fourth-order valence-corrected chi connectivity index (χ4v) is 7.11. The summed E-state index contributed by atoms with van der Waals surface area (Å²) in [5.41, 5.74) is 4.81. The van der Waals surface area contributed by atoms with E-state index in [1.54, 1.807) is 24.3 Å². The van der Waals surface area contributed by atoms with E-state index >= 15 is 4.79 Å². The highest BCUT2D eigenvalue weighted by atomic mass is 19.4. The molecule has 4 aromatic rings. The van der Waals surface area contributed by atoms with Gasteiger partial charge in [-0.1, -0.05) is 58.0 Å². The van der Waals surface area contributed by atoms with E-state index in [4.69, 9.17) is 15.5 Å². The Hall–Kier alpha value is -5.15. The number of amides is 1. The maximum atomic E-state index is 15.0. The van der Waals surface area contributed by atoms with Gasteiger partial charge in [0.2, 0.25) is 0 Å². The summed E-state index contributed by atoms with van der Waals surface area (Å²) in [6, 6.07) is 8.98. The number of alkyl halides is 5. The first-order valence-electron chi connectivity index (χ1n) is 17.8. The largest absolute Gasteiger partial charge is 0.463 e. The van der Waals surface area contributed by atoms with Crippen LogP contribution in [-0.2, 0) is 26.0 Å². The summed E-state index contributed by atoms with van der Waals surface area (Å²) in [7, 11) is 0. The Morgan fingerprint density at radius 3 is 2.33 bits per heavy atom. The molecular weight excluding hydrogens is 711 g/mol. The van der Waals surface area contributed by atoms with E-state index in [9.17, 15) is 26.7 Å². The third-order valence-electron chi connectivity index (χ3n) is 10.3. The molecule has 286 valence electrons. The van der Waals surface area contributed by atoms with Gasteiger partial charge < -0.3 is 10.5 Å². The van der Waals surface area contributed by atoms with Crippen molar-refractivity contribution in [1.29, 1.82) is 0 Å². The summed E-state index contributed by atoms with van der Waals surface area (Å²) in [6.07, 6.45) is 2.56. The van der Waals surface area contributed by atoms with Crippen LogP contribution in [0.25, 0.3) is 16.8 Å². The van der Waals surface area contributed by atoms with Crippen molar-refractivity contribution in [2.75, 3.05) is 6.61 Å². The zero-order valence-electron chi connectivity index (χ0n) is 30.3. The number of esters is 1. The lowest BCUT2D eigenvalue weighted by molar-refractivity contribution is -0.148. The Balaban J connectivity index is 1.30. The molecule has 16 heteroatoms. The van der Waals surface area contributed by atoms with Crippen LogP contribution in [-0.4, -0.2) is 53.9 Å². The van der Waals surface area contributed by atoms with Gasteiger partial charge in [-0.05, 0) is 71.8 Å². The Morgan fingerprint density at radius 1 is 1.04 bits per heavy atom. The first-order chi connectivity index (χ1) is 25.4. The number of ether oxygens (including phenoxy) is 1. The summed E-state index contributed by atoms with van der Waals surface area (Å²) in [5.74, 6) is -0.920. The second kappa shape index (κ2) is 13.3. The Bertz CT molecular complexity index is 2090. The molecule has 2 aromatic carbocycles. The van der Waals surface area contributed by atoms with Crippen LogP contribution >= 0.6 is 0 Å². The lowest BCUT2D eigenvalue weighted by Gasteiger charge is -2.35. The molecule has 11 nitrogen and oxygen atoms in total. The topological polar surface area (TPSA) is 134 Å². The van der Waals surface area contributed by atoms with Gasteiger partial charge in [-0.2, -0.15) is 32.1 Å². The van der Waals surface area contributed by atoms with Gasteiger partial charge in [0.05, 0.1) is 29.9 Å². The molecule has 2 N–H and O–H groups in total. The highest BCUT2D eigenvalue weighted by molar-refractivity contribution is 6.07. The molecule has 2 aromatic heterocycles. The number of aliphatic imine (C=N–C) groups is 1. The van der Waals surface area contributed by atoms with Gasteiger partial charge in [0.25, 0.3) is 5.91 Å². The molecule has 0 saturated heterocycles. The highest BCUT2D eigenvalue weighted by Crippen LogP contribution is 2.49. The van der Waals surface area contributed by atoms with Crippen LogP contribution in [0.3, 0.4) is 0 Å². The lowest BCUT2D eigenvalue weighted by Crippen LogP contribution is -2.47. The summed E-state index contributed by atoms with van der Waals surface area (Å²) in [5, 5.41) is 7.87. The van der Waals surface area contributed by atoms with Crippen molar-refractivity contribution in [2.24, 2.45) is 21.6 Å². The molecule has 0 radical (unpaired) electrons. The molecule has 2 saturated carbocycles. The molecule has 2 fully saturated rings. The van der Waals surface area contributed by atoms with Crippen LogP contribution in [0.2, 0.25) is 0 Å². The fraction of sp³-hybridized carbons (Fsp3) is 0.474. The molecule has 3 heterocycles. The van der Waals surface area contributed by atoms with Gasteiger partial charge >= 0.3 is 18.7 Å². The van der Waals surface area contributed by atoms with Gasteiger partial charge in [0.15, 0.2) is 11.5 Å². The average Bonchev–Trinajstić information content (AvgIpc) is 3.91. The second-order valence-corrected chi connectivity index (χ2v) is 16.1. The Morgan fingerprint density at radius 2 is 1.74 bits per heavy atom. The van der Waals surface area contributed by atoms with Gasteiger partial charge in [0.1, 0.15) is 18.8 Å². The standard InChI is InChI=1S/C38H41F5N8O3/c1-35(2,3)20-37(26-10-7-22(8-11-26)25-17-46-49(18-25)33(39)40)32(53)50(34(44)48-37)29(19-54-30(52)16-36(4)13-14-36)24-9-12-27(38(41,42)43)28(15-24)51-31(23-5-6-23)45-21-47-51/h7-12,15,17-18,21,23,29,33H,5-6,13-14,16,19-20H2,1-4H3,(H2,44,48)/t29-,37-/m1/s1. The summed E-state index contributed by atoms with van der Waals surface area (Å²) < 4.78 is 77.5. The van der Waals surface area contributed by atoms with Crippen molar-refractivity contribution >= 4 is 17.8 Å². The van der Waals surface area contributed by atoms with Gasteiger partial charge in [0, 0.05) is 17.7 Å². The molecule has 0 spiro atoms. The van der Waals surface area contributed by atoms with Crippen molar-refractivity contribution in [1.82, 2.24) is 29.4 Å². The van der Waals surface area contributed by atoms with Crippen LogP contribution in [0.15, 0.2) is 66.2 Å². The van der Waals surface area contributed by atoms with Gasteiger partial charge in [-0.3, -0.25) is 14.5 Å². The van der Waals surface area contributed by atoms with Crippen LogP contribution in [0.4, 0.5) is 22.0 Å². The number of halogens is 5. The maximum Gasteiger partial charge on any atom is 0.418 e. The second-order valence-electron chi connectivity index (χ2n) is 16.1. The molecule has 2 atom stereocenters. The minimum atomic E-state index is -4.75. The molecule has 0 unspecified atom stereocenters. The molecule has 1 amide bonds.